The Balaban J connectivity index is 1.67. The molecule has 7 nitrogen and oxygen atoms in total. The molecule has 2 heterocycles. The number of halogens is 2. The van der Waals surface area contributed by atoms with Crippen LogP contribution in [-0.4, -0.2) is 10.1 Å². The second kappa shape index (κ2) is 9.16. The van der Waals surface area contributed by atoms with Gasteiger partial charge in [-0.2, -0.15) is 0 Å². The topological polar surface area (TPSA) is 101 Å². The van der Waals surface area contributed by atoms with Crippen molar-refractivity contribution in [1.29, 1.82) is 0 Å². The number of anilines is 1. The summed E-state index contributed by atoms with van der Waals surface area (Å²) in [5, 5.41) is 7.20. The maximum Gasteiger partial charge on any atom is 0.439 e. The van der Waals surface area contributed by atoms with Crippen LogP contribution in [0, 0.1) is 32.4 Å². The van der Waals surface area contributed by atoms with Gasteiger partial charge in [-0.15, -0.1) is 0 Å². The van der Waals surface area contributed by atoms with Crippen molar-refractivity contribution < 1.29 is 17.7 Å². The first-order chi connectivity index (χ1) is 17.6. The van der Waals surface area contributed by atoms with Crippen molar-refractivity contribution in [2.24, 2.45) is 0 Å². The van der Waals surface area contributed by atoms with Gasteiger partial charge in [-0.05, 0) is 69.2 Å². The van der Waals surface area contributed by atoms with E-state index in [0.29, 0.717) is 27.8 Å². The zero-order valence-electron chi connectivity index (χ0n) is 20.5. The number of hydrogen-bond donors (Lipinski definition) is 2. The van der Waals surface area contributed by atoms with Crippen LogP contribution in [0.15, 0.2) is 67.1 Å². The van der Waals surface area contributed by atoms with E-state index in [4.69, 9.17) is 4.42 Å². The van der Waals surface area contributed by atoms with Gasteiger partial charge in [0.15, 0.2) is 11.3 Å². The molecule has 0 bridgehead atoms. The molecule has 1 unspecified atom stereocenters. The lowest BCUT2D eigenvalue weighted by Crippen LogP contribution is -2.13. The van der Waals surface area contributed by atoms with Crippen LogP contribution in [0.4, 0.5) is 14.5 Å². The summed E-state index contributed by atoms with van der Waals surface area (Å²) in [6.45, 7) is 7.06. The zero-order chi connectivity index (χ0) is 26.4. The number of rotatable bonds is 5. The average Bonchev–Trinajstić information content (AvgIpc) is 3.27. The highest BCUT2D eigenvalue weighted by atomic mass is 19.1. The summed E-state index contributed by atoms with van der Waals surface area (Å²) in [6, 6.07) is 12.2. The van der Waals surface area contributed by atoms with Crippen molar-refractivity contribution in [3.8, 4) is 22.7 Å². The standard InChI is InChI=1S/C28H23F2N3O4/c1-13-8-9-17(21(30)12-13)25-15(3)24(34)19-11-14(2)10-18(26(19)36-25)16(4)31-22-7-5-6-20(29)23(22)27-32-28(35)37-33-27/h5-12,16,31H,1-4H3,(H,32,33,35). The minimum Gasteiger partial charge on any atom is -0.455 e. The van der Waals surface area contributed by atoms with E-state index in [1.54, 1.807) is 38.1 Å². The van der Waals surface area contributed by atoms with Gasteiger partial charge < -0.3 is 9.73 Å². The van der Waals surface area contributed by atoms with Crippen LogP contribution in [0.2, 0.25) is 0 Å². The van der Waals surface area contributed by atoms with E-state index in [-0.39, 0.29) is 28.1 Å². The van der Waals surface area contributed by atoms with Crippen molar-refractivity contribution >= 4 is 16.7 Å². The number of nitrogens with zero attached hydrogens (tertiary/aromatic N) is 1. The normalized spacial score (nSPS) is 12.2. The van der Waals surface area contributed by atoms with Crippen molar-refractivity contribution in [2.45, 2.75) is 33.7 Å². The van der Waals surface area contributed by atoms with Gasteiger partial charge in [0.05, 0.1) is 22.6 Å². The van der Waals surface area contributed by atoms with Crippen LogP contribution in [-0.2, 0) is 0 Å². The van der Waals surface area contributed by atoms with Gasteiger partial charge in [-0.25, -0.2) is 13.6 Å². The molecule has 0 saturated heterocycles. The molecule has 0 radical (unpaired) electrons. The second-order valence-electron chi connectivity index (χ2n) is 9.07. The third kappa shape index (κ3) is 4.33. The lowest BCUT2D eigenvalue weighted by atomic mass is 9.98. The molecular weight excluding hydrogens is 480 g/mol. The summed E-state index contributed by atoms with van der Waals surface area (Å²) in [5.74, 6) is -1.83. The second-order valence-corrected chi connectivity index (χ2v) is 9.07. The fraction of sp³-hybridized carbons (Fsp3) is 0.179. The minimum atomic E-state index is -0.810. The molecule has 5 aromatic rings. The molecule has 0 aliphatic rings. The number of aromatic amines is 1. The molecule has 1 atom stereocenters. The quantitative estimate of drug-likeness (QED) is 0.297. The Bertz CT molecular complexity index is 1790. The van der Waals surface area contributed by atoms with Gasteiger partial charge in [-0.3, -0.25) is 14.3 Å². The summed E-state index contributed by atoms with van der Waals surface area (Å²) < 4.78 is 40.4. The monoisotopic (exact) mass is 503 g/mol. The smallest absolute Gasteiger partial charge is 0.439 e. The summed E-state index contributed by atoms with van der Waals surface area (Å²) in [4.78, 5) is 27.2. The van der Waals surface area contributed by atoms with Crippen LogP contribution in [0.25, 0.3) is 33.7 Å². The summed E-state index contributed by atoms with van der Waals surface area (Å²) in [7, 11) is 0. The molecule has 9 heteroatoms. The molecule has 3 aromatic carbocycles. The number of H-pyrrole nitrogens is 1. The van der Waals surface area contributed by atoms with E-state index in [1.165, 1.54) is 18.2 Å². The van der Waals surface area contributed by atoms with Gasteiger partial charge in [0.25, 0.3) is 0 Å². The van der Waals surface area contributed by atoms with Crippen molar-refractivity contribution in [2.75, 3.05) is 5.32 Å². The van der Waals surface area contributed by atoms with Crippen molar-refractivity contribution in [1.82, 2.24) is 10.1 Å². The highest BCUT2D eigenvalue weighted by Gasteiger charge is 2.22. The van der Waals surface area contributed by atoms with Crippen molar-refractivity contribution in [3.05, 3.63) is 103 Å². The van der Waals surface area contributed by atoms with E-state index < -0.39 is 23.4 Å². The van der Waals surface area contributed by atoms with Gasteiger partial charge >= 0.3 is 5.76 Å². The van der Waals surface area contributed by atoms with Crippen molar-refractivity contribution in [3.63, 3.8) is 0 Å². The fourth-order valence-electron chi connectivity index (χ4n) is 4.48. The van der Waals surface area contributed by atoms with Gasteiger partial charge in [-0.1, -0.05) is 23.4 Å². The molecule has 5 rings (SSSR count). The number of aryl methyl sites for hydroxylation is 2. The van der Waals surface area contributed by atoms with E-state index in [2.05, 4.69) is 20.0 Å². The molecule has 188 valence electrons. The van der Waals surface area contributed by atoms with Gasteiger partial charge in [0, 0.05) is 16.8 Å². The largest absolute Gasteiger partial charge is 0.455 e. The average molecular weight is 504 g/mol. The number of hydrogen-bond acceptors (Lipinski definition) is 6. The molecule has 0 amide bonds. The van der Waals surface area contributed by atoms with Crippen LogP contribution in [0.1, 0.15) is 35.2 Å². The Hall–Kier alpha value is -4.53. The molecular formula is C28H23F2N3O4. The predicted octanol–water partition coefficient (Wildman–Crippen LogP) is 6.18. The SMILES string of the molecule is Cc1ccc(-c2oc3c(C(C)Nc4cccc(F)c4-c4noc(=O)[nH]4)cc(C)cc3c(=O)c2C)c(F)c1. The van der Waals surface area contributed by atoms with Crippen LogP contribution < -0.4 is 16.5 Å². The van der Waals surface area contributed by atoms with Gasteiger partial charge in [0.2, 0.25) is 0 Å². The summed E-state index contributed by atoms with van der Waals surface area (Å²) in [6.07, 6.45) is 0. The molecule has 0 aliphatic heterocycles. The summed E-state index contributed by atoms with van der Waals surface area (Å²) in [5.41, 5.74) is 3.07. The van der Waals surface area contributed by atoms with E-state index in [1.807, 2.05) is 19.9 Å². The Kier molecular flexibility index (Phi) is 5.99. The Morgan fingerprint density at radius 1 is 0.973 bits per heavy atom. The summed E-state index contributed by atoms with van der Waals surface area (Å²) >= 11 is 0. The Morgan fingerprint density at radius 2 is 1.76 bits per heavy atom. The third-order valence-corrected chi connectivity index (χ3v) is 6.29. The maximum absolute atomic E-state index is 14.9. The van der Waals surface area contributed by atoms with Crippen LogP contribution in [0.5, 0.6) is 0 Å². The number of benzene rings is 3. The zero-order valence-corrected chi connectivity index (χ0v) is 20.5. The molecule has 2 N–H and O–H groups in total. The highest BCUT2D eigenvalue weighted by Crippen LogP contribution is 2.35. The fourth-order valence-corrected chi connectivity index (χ4v) is 4.48. The molecule has 2 aromatic heterocycles. The van der Waals surface area contributed by atoms with E-state index in [9.17, 15) is 18.4 Å². The Labute approximate surface area is 209 Å². The molecule has 0 fully saturated rings. The Morgan fingerprint density at radius 3 is 2.46 bits per heavy atom. The number of fused-ring (bicyclic) bond motifs is 1. The first kappa shape index (κ1) is 24.2. The predicted molar refractivity (Wildman–Crippen MR) is 137 cm³/mol. The molecule has 0 saturated carbocycles. The molecule has 0 aliphatic carbocycles. The molecule has 0 spiro atoms. The number of nitrogens with one attached hydrogen (secondary N) is 2. The minimum absolute atomic E-state index is 0.0249. The van der Waals surface area contributed by atoms with Gasteiger partial charge in [0.1, 0.15) is 23.0 Å². The lowest BCUT2D eigenvalue weighted by Gasteiger charge is -2.20. The van der Waals surface area contributed by atoms with Crippen LogP contribution >= 0.6 is 0 Å². The maximum atomic E-state index is 14.9. The van der Waals surface area contributed by atoms with E-state index in [0.717, 1.165) is 11.1 Å². The highest BCUT2D eigenvalue weighted by molar-refractivity contribution is 5.85. The number of aromatic nitrogens is 2. The first-order valence-electron chi connectivity index (χ1n) is 11.6. The van der Waals surface area contributed by atoms with Crippen LogP contribution in [0.3, 0.4) is 0 Å². The first-order valence-corrected chi connectivity index (χ1v) is 11.6. The third-order valence-electron chi connectivity index (χ3n) is 6.29. The lowest BCUT2D eigenvalue weighted by molar-refractivity contribution is 0.387. The molecule has 37 heavy (non-hydrogen) atoms. The van der Waals surface area contributed by atoms with E-state index >= 15 is 0 Å².